The third kappa shape index (κ3) is 3.16. The number of likely N-dealkylation sites (tertiary alicyclic amines) is 1. The van der Waals surface area contributed by atoms with Crippen molar-refractivity contribution in [1.29, 1.82) is 0 Å². The molecule has 0 unspecified atom stereocenters. The molecule has 1 spiro atoms. The molecule has 25 heavy (non-hydrogen) atoms. The fourth-order valence-electron chi connectivity index (χ4n) is 3.87. The van der Waals surface area contributed by atoms with Crippen molar-refractivity contribution in [2.24, 2.45) is 0 Å². The van der Waals surface area contributed by atoms with Crippen LogP contribution >= 0.6 is 0 Å². The first-order chi connectivity index (χ1) is 12.0. The van der Waals surface area contributed by atoms with Gasteiger partial charge in [0, 0.05) is 38.7 Å². The van der Waals surface area contributed by atoms with E-state index in [1.54, 1.807) is 11.9 Å². The maximum atomic E-state index is 12.7. The van der Waals surface area contributed by atoms with Crippen molar-refractivity contribution >= 4 is 12.0 Å². The summed E-state index contributed by atoms with van der Waals surface area (Å²) in [5.41, 5.74) is 0.591. The fourth-order valence-corrected chi connectivity index (χ4v) is 3.87. The minimum atomic E-state index is -0.518. The monoisotopic (exact) mass is 345 g/mol. The Morgan fingerprint density at radius 1 is 1.24 bits per heavy atom. The average molecular weight is 345 g/mol. The molecule has 2 fully saturated rings. The van der Waals surface area contributed by atoms with Crippen LogP contribution in [0.2, 0.25) is 0 Å². The van der Waals surface area contributed by atoms with Crippen LogP contribution in [0.25, 0.3) is 0 Å². The number of likely N-dealkylation sites (N-methyl/N-ethyl adjacent to an activating group) is 1. The number of amides is 2. The SMILES string of the molecule is CN1C[C@@]2(CCN(C(=O)CN3CCOc4ccccc4C3)C2)OC1=O. The standard InChI is InChI=1S/C18H23N3O4/c1-19-12-18(25-17(19)23)6-7-21(13-18)16(22)11-20-8-9-24-15-5-3-2-4-14(15)10-20/h2-5H,6-13H2,1H3/t18-/m1/s1. The van der Waals surface area contributed by atoms with Crippen molar-refractivity contribution in [3.63, 3.8) is 0 Å². The Morgan fingerprint density at radius 3 is 2.88 bits per heavy atom. The Labute approximate surface area is 147 Å². The van der Waals surface area contributed by atoms with E-state index in [-0.39, 0.29) is 12.0 Å². The Morgan fingerprint density at radius 2 is 2.08 bits per heavy atom. The van der Waals surface area contributed by atoms with Gasteiger partial charge >= 0.3 is 6.09 Å². The van der Waals surface area contributed by atoms with E-state index in [2.05, 4.69) is 4.90 Å². The van der Waals surface area contributed by atoms with Gasteiger partial charge in [-0.15, -0.1) is 0 Å². The van der Waals surface area contributed by atoms with Crippen LogP contribution in [0.15, 0.2) is 24.3 Å². The summed E-state index contributed by atoms with van der Waals surface area (Å²) in [6.45, 7) is 4.05. The normalized spacial score (nSPS) is 26.4. The lowest BCUT2D eigenvalue weighted by atomic mass is 10.0. The van der Waals surface area contributed by atoms with Gasteiger partial charge in [0.2, 0.25) is 5.91 Å². The van der Waals surface area contributed by atoms with Crippen molar-refractivity contribution in [2.75, 3.05) is 46.4 Å². The van der Waals surface area contributed by atoms with Gasteiger partial charge in [-0.05, 0) is 6.07 Å². The molecule has 0 aromatic heterocycles. The number of benzene rings is 1. The Balaban J connectivity index is 1.37. The van der Waals surface area contributed by atoms with Crippen molar-refractivity contribution < 1.29 is 19.1 Å². The van der Waals surface area contributed by atoms with E-state index in [1.165, 1.54) is 0 Å². The van der Waals surface area contributed by atoms with E-state index in [0.717, 1.165) is 17.9 Å². The molecule has 3 aliphatic heterocycles. The van der Waals surface area contributed by atoms with E-state index < -0.39 is 5.60 Å². The summed E-state index contributed by atoms with van der Waals surface area (Å²) in [6.07, 6.45) is 0.413. The maximum absolute atomic E-state index is 12.7. The lowest BCUT2D eigenvalue weighted by Crippen LogP contribution is -2.43. The first-order valence-corrected chi connectivity index (χ1v) is 8.70. The second-order valence-corrected chi connectivity index (χ2v) is 7.14. The van der Waals surface area contributed by atoms with Gasteiger partial charge in [-0.25, -0.2) is 4.79 Å². The summed E-state index contributed by atoms with van der Waals surface area (Å²) >= 11 is 0. The number of carbonyl (C=O) groups is 2. The zero-order valence-corrected chi connectivity index (χ0v) is 14.4. The van der Waals surface area contributed by atoms with E-state index in [9.17, 15) is 9.59 Å². The Hall–Kier alpha value is -2.28. The molecule has 2 amide bonds. The van der Waals surface area contributed by atoms with Crippen molar-refractivity contribution in [3.8, 4) is 5.75 Å². The van der Waals surface area contributed by atoms with Gasteiger partial charge in [-0.2, -0.15) is 0 Å². The molecule has 0 N–H and O–H groups in total. The Bertz CT molecular complexity index is 695. The first-order valence-electron chi connectivity index (χ1n) is 8.70. The second kappa shape index (κ2) is 6.22. The maximum Gasteiger partial charge on any atom is 0.410 e. The summed E-state index contributed by atoms with van der Waals surface area (Å²) in [5.74, 6) is 0.986. The molecule has 134 valence electrons. The molecule has 3 heterocycles. The number of rotatable bonds is 2. The highest BCUT2D eigenvalue weighted by Gasteiger charge is 2.49. The van der Waals surface area contributed by atoms with Crippen LogP contribution in [-0.2, 0) is 16.1 Å². The van der Waals surface area contributed by atoms with Gasteiger partial charge < -0.3 is 19.3 Å². The number of ether oxygens (including phenoxy) is 2. The van der Waals surface area contributed by atoms with Crippen LogP contribution < -0.4 is 4.74 Å². The molecule has 1 aromatic carbocycles. The lowest BCUT2D eigenvalue weighted by molar-refractivity contribution is -0.132. The molecule has 4 rings (SSSR count). The minimum absolute atomic E-state index is 0.0851. The molecule has 0 saturated carbocycles. The predicted octanol–water partition coefficient (Wildman–Crippen LogP) is 0.934. The predicted molar refractivity (Wildman–Crippen MR) is 90.3 cm³/mol. The van der Waals surface area contributed by atoms with E-state index in [0.29, 0.717) is 45.8 Å². The average Bonchev–Trinajstić information content (AvgIpc) is 3.03. The van der Waals surface area contributed by atoms with Crippen molar-refractivity contribution in [3.05, 3.63) is 29.8 Å². The second-order valence-electron chi connectivity index (χ2n) is 7.14. The molecular weight excluding hydrogens is 322 g/mol. The Kier molecular flexibility index (Phi) is 4.03. The highest BCUT2D eigenvalue weighted by atomic mass is 16.6. The highest BCUT2D eigenvalue weighted by molar-refractivity contribution is 5.79. The van der Waals surface area contributed by atoms with Crippen LogP contribution in [0.1, 0.15) is 12.0 Å². The van der Waals surface area contributed by atoms with Crippen molar-refractivity contribution in [2.45, 2.75) is 18.6 Å². The quantitative estimate of drug-likeness (QED) is 0.798. The van der Waals surface area contributed by atoms with Gasteiger partial charge in [-0.1, -0.05) is 18.2 Å². The topological polar surface area (TPSA) is 62.3 Å². The number of carbonyl (C=O) groups excluding carboxylic acids is 2. The van der Waals surface area contributed by atoms with E-state index in [4.69, 9.17) is 9.47 Å². The number of fused-ring (bicyclic) bond motifs is 1. The van der Waals surface area contributed by atoms with Crippen molar-refractivity contribution in [1.82, 2.24) is 14.7 Å². The summed E-state index contributed by atoms with van der Waals surface area (Å²) in [7, 11) is 1.73. The van der Waals surface area contributed by atoms with Gasteiger partial charge in [0.1, 0.15) is 12.4 Å². The van der Waals surface area contributed by atoms with Crippen LogP contribution in [0, 0.1) is 0 Å². The number of para-hydroxylation sites is 1. The molecule has 0 aliphatic carbocycles. The van der Waals surface area contributed by atoms with E-state index in [1.807, 2.05) is 29.2 Å². The number of nitrogens with zero attached hydrogens (tertiary/aromatic N) is 3. The van der Waals surface area contributed by atoms with Gasteiger partial charge in [0.15, 0.2) is 5.60 Å². The van der Waals surface area contributed by atoms with Gasteiger partial charge in [0.25, 0.3) is 0 Å². The third-order valence-corrected chi connectivity index (χ3v) is 5.20. The molecule has 0 radical (unpaired) electrons. The zero-order valence-electron chi connectivity index (χ0n) is 14.4. The van der Waals surface area contributed by atoms with E-state index >= 15 is 0 Å². The smallest absolute Gasteiger partial charge is 0.410 e. The van der Waals surface area contributed by atoms with Crippen LogP contribution in [0.3, 0.4) is 0 Å². The largest absolute Gasteiger partial charge is 0.492 e. The molecule has 0 bridgehead atoms. The number of hydrogen-bond acceptors (Lipinski definition) is 5. The summed E-state index contributed by atoms with van der Waals surface area (Å²) in [4.78, 5) is 29.9. The molecule has 1 atom stereocenters. The molecule has 7 nitrogen and oxygen atoms in total. The summed E-state index contributed by atoms with van der Waals surface area (Å²) in [6, 6.07) is 7.96. The lowest BCUT2D eigenvalue weighted by Gasteiger charge is -2.25. The molecule has 2 saturated heterocycles. The fraction of sp³-hybridized carbons (Fsp3) is 0.556. The summed E-state index contributed by atoms with van der Waals surface area (Å²) < 4.78 is 11.3. The number of hydrogen-bond donors (Lipinski definition) is 0. The molecule has 7 heteroatoms. The van der Waals surface area contributed by atoms with Crippen LogP contribution in [-0.4, -0.2) is 78.7 Å². The first kappa shape index (κ1) is 16.2. The van der Waals surface area contributed by atoms with Crippen LogP contribution in [0.5, 0.6) is 5.75 Å². The zero-order chi connectivity index (χ0) is 17.4. The minimum Gasteiger partial charge on any atom is -0.492 e. The van der Waals surface area contributed by atoms with Gasteiger partial charge in [0.05, 0.1) is 19.6 Å². The third-order valence-electron chi connectivity index (χ3n) is 5.20. The van der Waals surface area contributed by atoms with Crippen LogP contribution in [0.4, 0.5) is 4.79 Å². The molecular formula is C18H23N3O4. The summed E-state index contributed by atoms with van der Waals surface area (Å²) in [5, 5.41) is 0. The highest BCUT2D eigenvalue weighted by Crippen LogP contribution is 2.32. The molecule has 3 aliphatic rings. The van der Waals surface area contributed by atoms with Gasteiger partial charge in [-0.3, -0.25) is 9.69 Å². The molecule has 1 aromatic rings.